The second-order valence-electron chi connectivity index (χ2n) is 6.59. The molecule has 0 fully saturated rings. The van der Waals surface area contributed by atoms with E-state index in [-0.39, 0.29) is 23.3 Å². The number of carbonyl (C=O) groups excluding carboxylic acids is 2. The lowest BCUT2D eigenvalue weighted by Gasteiger charge is -2.10. The highest BCUT2D eigenvalue weighted by Crippen LogP contribution is 2.29. The number of rotatable bonds is 10. The number of carbonyl (C=O) groups is 2. The van der Waals surface area contributed by atoms with Crippen LogP contribution in [-0.4, -0.2) is 39.5 Å². The van der Waals surface area contributed by atoms with Crippen LogP contribution < -0.4 is 10.1 Å². The number of ether oxygens (including phenoxy) is 2. The number of aryl methyl sites for hydroxylation is 1. The lowest BCUT2D eigenvalue weighted by Crippen LogP contribution is -2.16. The Morgan fingerprint density at radius 1 is 1.36 bits per heavy atom. The number of nitrogens with one attached hydrogen (secondary N) is 1. The third kappa shape index (κ3) is 6.34. The van der Waals surface area contributed by atoms with E-state index in [0.29, 0.717) is 33.8 Å². The Bertz CT molecular complexity index is 1180. The molecule has 0 aliphatic rings. The predicted octanol–water partition coefficient (Wildman–Crippen LogP) is 4.72. The summed E-state index contributed by atoms with van der Waals surface area (Å²) in [5.74, 6) is -0.449. The molecule has 3 rings (SSSR count). The molecule has 174 valence electrons. The van der Waals surface area contributed by atoms with Crippen molar-refractivity contribution in [2.45, 2.75) is 25.2 Å². The maximum absolute atomic E-state index is 13.2. The summed E-state index contributed by atoms with van der Waals surface area (Å²) < 4.78 is 25.4. The molecule has 33 heavy (non-hydrogen) atoms. The Morgan fingerprint density at radius 3 is 2.85 bits per heavy atom. The molecule has 0 atom stereocenters. The first-order valence-corrected chi connectivity index (χ1v) is 11.7. The van der Waals surface area contributed by atoms with Crippen LogP contribution in [-0.2, 0) is 22.7 Å². The highest BCUT2D eigenvalue weighted by atomic mass is 35.5. The van der Waals surface area contributed by atoms with Crippen molar-refractivity contribution in [3.63, 3.8) is 0 Å². The minimum Gasteiger partial charge on any atom is -0.484 e. The van der Waals surface area contributed by atoms with E-state index in [2.05, 4.69) is 22.1 Å². The second kappa shape index (κ2) is 11.3. The van der Waals surface area contributed by atoms with Crippen LogP contribution in [0.2, 0.25) is 5.02 Å². The molecule has 0 spiro atoms. The SMILES string of the molecule is C=CCn1c(COc2ccc(F)cc2Cl)nnc1SCC(=O)Nc1sc(C)cc1C(=O)OC. The molecular weight excluding hydrogens is 491 g/mol. The summed E-state index contributed by atoms with van der Waals surface area (Å²) in [7, 11) is 1.29. The third-order valence-corrected chi connectivity index (χ3v) is 6.43. The van der Waals surface area contributed by atoms with E-state index in [1.54, 1.807) is 16.7 Å². The molecule has 2 aromatic heterocycles. The molecule has 0 aliphatic carbocycles. The van der Waals surface area contributed by atoms with Crippen molar-refractivity contribution in [2.24, 2.45) is 0 Å². The maximum atomic E-state index is 13.2. The van der Waals surface area contributed by atoms with Gasteiger partial charge in [0.15, 0.2) is 11.0 Å². The molecule has 0 saturated heterocycles. The van der Waals surface area contributed by atoms with Gasteiger partial charge in [-0.1, -0.05) is 29.4 Å². The van der Waals surface area contributed by atoms with E-state index < -0.39 is 11.8 Å². The average Bonchev–Trinajstić information content (AvgIpc) is 3.34. The second-order valence-corrected chi connectivity index (χ2v) is 9.20. The Balaban J connectivity index is 1.65. The van der Waals surface area contributed by atoms with Gasteiger partial charge in [0.25, 0.3) is 0 Å². The summed E-state index contributed by atoms with van der Waals surface area (Å²) in [6, 6.07) is 5.50. The van der Waals surface area contributed by atoms with E-state index in [1.807, 2.05) is 6.92 Å². The molecule has 0 unspecified atom stereocenters. The summed E-state index contributed by atoms with van der Waals surface area (Å²) in [6.45, 7) is 6.00. The standard InChI is InChI=1S/C21H20ClFN4O4S2/c1-4-7-27-17(10-31-16-6-5-13(23)9-15(16)22)25-26-21(27)32-11-18(28)24-19-14(20(29)30-3)8-12(2)33-19/h4-6,8-9H,1,7,10-11H2,2-3H3,(H,24,28). The van der Waals surface area contributed by atoms with Gasteiger partial charge in [0.2, 0.25) is 5.91 Å². The number of amides is 1. The topological polar surface area (TPSA) is 95.3 Å². The van der Waals surface area contributed by atoms with E-state index in [4.69, 9.17) is 21.1 Å². The Labute approximate surface area is 202 Å². The molecule has 0 bridgehead atoms. The van der Waals surface area contributed by atoms with Crippen LogP contribution >= 0.6 is 34.7 Å². The molecule has 1 aromatic carbocycles. The van der Waals surface area contributed by atoms with E-state index in [9.17, 15) is 14.0 Å². The van der Waals surface area contributed by atoms with Gasteiger partial charge < -0.3 is 14.8 Å². The quantitative estimate of drug-likeness (QED) is 0.239. The van der Waals surface area contributed by atoms with Gasteiger partial charge >= 0.3 is 5.97 Å². The Hall–Kier alpha value is -2.89. The van der Waals surface area contributed by atoms with Gasteiger partial charge in [-0.3, -0.25) is 9.36 Å². The number of allylic oxidation sites excluding steroid dienone is 1. The highest BCUT2D eigenvalue weighted by molar-refractivity contribution is 7.99. The fourth-order valence-corrected chi connectivity index (χ4v) is 4.65. The molecule has 1 amide bonds. The van der Waals surface area contributed by atoms with Crippen molar-refractivity contribution in [1.82, 2.24) is 14.8 Å². The summed E-state index contributed by atoms with van der Waals surface area (Å²) in [4.78, 5) is 25.2. The number of thioether (sulfide) groups is 1. The van der Waals surface area contributed by atoms with Crippen LogP contribution in [0.25, 0.3) is 0 Å². The van der Waals surface area contributed by atoms with Crippen molar-refractivity contribution in [3.8, 4) is 5.75 Å². The van der Waals surface area contributed by atoms with Crippen LogP contribution in [0.3, 0.4) is 0 Å². The van der Waals surface area contributed by atoms with Crippen LogP contribution in [0.1, 0.15) is 21.1 Å². The smallest absolute Gasteiger partial charge is 0.340 e. The van der Waals surface area contributed by atoms with E-state index in [1.165, 1.54) is 42.3 Å². The monoisotopic (exact) mass is 510 g/mol. The van der Waals surface area contributed by atoms with Gasteiger partial charge in [-0.15, -0.1) is 28.1 Å². The normalized spacial score (nSPS) is 10.7. The fraction of sp³-hybridized carbons (Fsp3) is 0.238. The summed E-state index contributed by atoms with van der Waals surface area (Å²) in [5, 5.41) is 12.1. The van der Waals surface area contributed by atoms with Crippen LogP contribution in [0, 0.1) is 12.7 Å². The van der Waals surface area contributed by atoms with Gasteiger partial charge in [-0.25, -0.2) is 9.18 Å². The maximum Gasteiger partial charge on any atom is 0.340 e. The molecular formula is C21H20ClFN4O4S2. The zero-order valence-electron chi connectivity index (χ0n) is 17.8. The average molecular weight is 511 g/mol. The molecule has 12 heteroatoms. The molecule has 3 aromatic rings. The number of esters is 1. The Kier molecular flexibility index (Phi) is 8.48. The lowest BCUT2D eigenvalue weighted by atomic mass is 10.3. The molecule has 0 radical (unpaired) electrons. The highest BCUT2D eigenvalue weighted by Gasteiger charge is 2.19. The molecule has 0 saturated carbocycles. The Morgan fingerprint density at radius 2 is 2.15 bits per heavy atom. The first-order chi connectivity index (χ1) is 15.8. The lowest BCUT2D eigenvalue weighted by molar-refractivity contribution is -0.113. The van der Waals surface area contributed by atoms with Crippen LogP contribution in [0.5, 0.6) is 5.75 Å². The van der Waals surface area contributed by atoms with Gasteiger partial charge in [-0.2, -0.15) is 0 Å². The molecule has 8 nitrogen and oxygen atoms in total. The van der Waals surface area contributed by atoms with Gasteiger partial charge in [-0.05, 0) is 31.2 Å². The zero-order chi connectivity index (χ0) is 24.0. The number of methoxy groups -OCH3 is 1. The number of thiophene rings is 1. The minimum atomic E-state index is -0.515. The molecule has 2 heterocycles. The van der Waals surface area contributed by atoms with Gasteiger partial charge in [0, 0.05) is 11.4 Å². The third-order valence-electron chi connectivity index (χ3n) is 4.20. The van der Waals surface area contributed by atoms with Gasteiger partial charge in [0.05, 0.1) is 23.4 Å². The zero-order valence-corrected chi connectivity index (χ0v) is 20.2. The number of anilines is 1. The summed E-state index contributed by atoms with van der Waals surface area (Å²) in [5.41, 5.74) is 0.312. The number of hydrogen-bond acceptors (Lipinski definition) is 8. The number of nitrogens with zero attached hydrogens (tertiary/aromatic N) is 3. The predicted molar refractivity (Wildman–Crippen MR) is 126 cm³/mol. The number of aromatic nitrogens is 3. The first kappa shape index (κ1) is 24.7. The minimum absolute atomic E-state index is 0.0376. The molecule has 0 aliphatic heterocycles. The summed E-state index contributed by atoms with van der Waals surface area (Å²) in [6.07, 6.45) is 1.67. The number of hydrogen-bond donors (Lipinski definition) is 1. The largest absolute Gasteiger partial charge is 0.484 e. The van der Waals surface area contributed by atoms with E-state index in [0.717, 1.165) is 10.9 Å². The molecule has 1 N–H and O–H groups in total. The van der Waals surface area contributed by atoms with Crippen LogP contribution in [0.15, 0.2) is 42.1 Å². The van der Waals surface area contributed by atoms with E-state index >= 15 is 0 Å². The van der Waals surface area contributed by atoms with Crippen molar-refractivity contribution < 1.29 is 23.5 Å². The van der Waals surface area contributed by atoms with Crippen molar-refractivity contribution in [3.05, 3.63) is 64.0 Å². The number of halogens is 2. The van der Waals surface area contributed by atoms with Crippen molar-refractivity contribution >= 4 is 51.6 Å². The number of benzene rings is 1. The fourth-order valence-electron chi connectivity index (χ4n) is 2.74. The first-order valence-electron chi connectivity index (χ1n) is 9.54. The summed E-state index contributed by atoms with van der Waals surface area (Å²) >= 11 is 8.46. The van der Waals surface area contributed by atoms with Crippen molar-refractivity contribution in [1.29, 1.82) is 0 Å². The van der Waals surface area contributed by atoms with Crippen LogP contribution in [0.4, 0.5) is 9.39 Å². The van der Waals surface area contributed by atoms with Gasteiger partial charge in [0.1, 0.15) is 23.2 Å². The van der Waals surface area contributed by atoms with Crippen molar-refractivity contribution in [2.75, 3.05) is 18.2 Å².